The van der Waals surface area contributed by atoms with Gasteiger partial charge in [0.25, 0.3) is 11.8 Å². The van der Waals surface area contributed by atoms with Crippen LogP contribution in [0.3, 0.4) is 0 Å². The fourth-order valence-electron chi connectivity index (χ4n) is 3.02. The third-order valence-electron chi connectivity index (χ3n) is 4.30. The van der Waals surface area contributed by atoms with E-state index < -0.39 is 0 Å². The Morgan fingerprint density at radius 1 is 1.23 bits per heavy atom. The van der Waals surface area contributed by atoms with Crippen LogP contribution in [0.25, 0.3) is 11.5 Å². The zero-order valence-electron chi connectivity index (χ0n) is 14.3. The van der Waals surface area contributed by atoms with Crippen molar-refractivity contribution in [1.29, 1.82) is 0 Å². The average molecular weight is 350 g/mol. The molecule has 2 aromatic heterocycles. The average Bonchev–Trinajstić information content (AvgIpc) is 3.31. The monoisotopic (exact) mass is 350 g/mol. The van der Waals surface area contributed by atoms with Gasteiger partial charge in [-0.1, -0.05) is 17.3 Å². The van der Waals surface area contributed by atoms with Crippen molar-refractivity contribution in [3.63, 3.8) is 0 Å². The highest BCUT2D eigenvalue weighted by Crippen LogP contribution is 2.30. The second kappa shape index (κ2) is 6.95. The first-order valence-corrected chi connectivity index (χ1v) is 8.46. The predicted molar refractivity (Wildman–Crippen MR) is 93.6 cm³/mol. The number of para-hydroxylation sites is 1. The second-order valence-electron chi connectivity index (χ2n) is 6.16. The van der Waals surface area contributed by atoms with Gasteiger partial charge in [-0.25, -0.2) is 0 Å². The van der Waals surface area contributed by atoms with Gasteiger partial charge in [0.15, 0.2) is 5.82 Å². The fourth-order valence-corrected chi connectivity index (χ4v) is 3.02. The summed E-state index contributed by atoms with van der Waals surface area (Å²) in [4.78, 5) is 22.6. The standard InChI is InChI=1S/C19H18N4O3/c1-13-21-18(26-22-13)16-4-2-3-5-17(16)25-15-8-11-23(12-15)19(24)14-6-9-20-10-7-14/h2-7,9-10,15H,8,11-12H2,1H3. The van der Waals surface area contributed by atoms with E-state index in [1.54, 1.807) is 36.4 Å². The van der Waals surface area contributed by atoms with Crippen LogP contribution in [-0.4, -0.2) is 45.1 Å². The number of carbonyl (C=O) groups excluding carboxylic acids is 1. The van der Waals surface area contributed by atoms with Crippen molar-refractivity contribution in [2.75, 3.05) is 13.1 Å². The lowest BCUT2D eigenvalue weighted by atomic mass is 10.2. The van der Waals surface area contributed by atoms with Crippen molar-refractivity contribution in [2.24, 2.45) is 0 Å². The molecule has 4 rings (SSSR count). The van der Waals surface area contributed by atoms with Crippen LogP contribution in [0.15, 0.2) is 53.3 Å². The fraction of sp³-hybridized carbons (Fsp3) is 0.263. The summed E-state index contributed by atoms with van der Waals surface area (Å²) in [6, 6.07) is 11.0. The van der Waals surface area contributed by atoms with Crippen LogP contribution in [-0.2, 0) is 0 Å². The summed E-state index contributed by atoms with van der Waals surface area (Å²) in [6.07, 6.45) is 3.94. The molecular formula is C19H18N4O3. The van der Waals surface area contributed by atoms with Crippen LogP contribution in [0.1, 0.15) is 22.6 Å². The molecule has 1 aliphatic rings. The zero-order valence-corrected chi connectivity index (χ0v) is 14.3. The van der Waals surface area contributed by atoms with Gasteiger partial charge in [0, 0.05) is 30.9 Å². The second-order valence-corrected chi connectivity index (χ2v) is 6.16. The third kappa shape index (κ3) is 3.28. The molecule has 3 heterocycles. The van der Waals surface area contributed by atoms with E-state index in [0.717, 1.165) is 12.0 Å². The Hall–Kier alpha value is -3.22. The first-order chi connectivity index (χ1) is 12.7. The summed E-state index contributed by atoms with van der Waals surface area (Å²) < 4.78 is 11.4. The number of carbonyl (C=O) groups is 1. The Bertz CT molecular complexity index is 910. The van der Waals surface area contributed by atoms with Crippen molar-refractivity contribution in [3.05, 3.63) is 60.2 Å². The molecule has 0 bridgehead atoms. The molecule has 7 nitrogen and oxygen atoms in total. The van der Waals surface area contributed by atoms with Crippen LogP contribution in [0.5, 0.6) is 5.75 Å². The molecule has 1 unspecified atom stereocenters. The van der Waals surface area contributed by atoms with Crippen molar-refractivity contribution in [1.82, 2.24) is 20.0 Å². The molecule has 0 N–H and O–H groups in total. The molecule has 132 valence electrons. The van der Waals surface area contributed by atoms with E-state index in [-0.39, 0.29) is 12.0 Å². The van der Waals surface area contributed by atoms with E-state index in [4.69, 9.17) is 9.26 Å². The van der Waals surface area contributed by atoms with Gasteiger partial charge in [-0.05, 0) is 31.2 Å². The van der Waals surface area contributed by atoms with Crippen LogP contribution in [0, 0.1) is 6.92 Å². The maximum Gasteiger partial charge on any atom is 0.261 e. The highest BCUT2D eigenvalue weighted by Gasteiger charge is 2.29. The lowest BCUT2D eigenvalue weighted by Crippen LogP contribution is -2.31. The minimum atomic E-state index is -0.0778. The first-order valence-electron chi connectivity index (χ1n) is 8.46. The minimum absolute atomic E-state index is 0.000638. The number of benzene rings is 1. The number of hydrogen-bond donors (Lipinski definition) is 0. The SMILES string of the molecule is Cc1noc(-c2ccccc2OC2CCN(C(=O)c3ccncc3)C2)n1. The van der Waals surface area contributed by atoms with Crippen molar-refractivity contribution < 1.29 is 14.1 Å². The number of amides is 1. The minimum Gasteiger partial charge on any atom is -0.488 e. The number of pyridine rings is 1. The molecule has 1 aromatic carbocycles. The van der Waals surface area contributed by atoms with Crippen molar-refractivity contribution >= 4 is 5.91 Å². The topological polar surface area (TPSA) is 81.4 Å². The molecule has 7 heteroatoms. The molecular weight excluding hydrogens is 332 g/mol. The largest absolute Gasteiger partial charge is 0.488 e. The highest BCUT2D eigenvalue weighted by molar-refractivity contribution is 5.94. The highest BCUT2D eigenvalue weighted by atomic mass is 16.5. The molecule has 1 amide bonds. The molecule has 0 radical (unpaired) electrons. The van der Waals surface area contributed by atoms with Gasteiger partial charge >= 0.3 is 0 Å². The van der Waals surface area contributed by atoms with Crippen LogP contribution in [0.2, 0.25) is 0 Å². The van der Waals surface area contributed by atoms with Crippen LogP contribution >= 0.6 is 0 Å². The number of nitrogens with zero attached hydrogens (tertiary/aromatic N) is 4. The third-order valence-corrected chi connectivity index (χ3v) is 4.30. The van der Waals surface area contributed by atoms with E-state index in [9.17, 15) is 4.79 Å². The maximum atomic E-state index is 12.5. The summed E-state index contributed by atoms with van der Waals surface area (Å²) in [6.45, 7) is 2.97. The lowest BCUT2D eigenvalue weighted by molar-refractivity contribution is 0.0772. The van der Waals surface area contributed by atoms with E-state index in [0.29, 0.717) is 36.1 Å². The Morgan fingerprint density at radius 3 is 2.81 bits per heavy atom. The molecule has 0 aliphatic carbocycles. The number of likely N-dealkylation sites (tertiary alicyclic amines) is 1. The summed E-state index contributed by atoms with van der Waals surface area (Å²) in [5, 5.41) is 3.84. The van der Waals surface area contributed by atoms with Gasteiger partial charge < -0.3 is 14.2 Å². The number of ether oxygens (including phenoxy) is 1. The van der Waals surface area contributed by atoms with Gasteiger partial charge in [-0.2, -0.15) is 4.98 Å². The van der Waals surface area contributed by atoms with Gasteiger partial charge in [0.1, 0.15) is 11.9 Å². The van der Waals surface area contributed by atoms with E-state index in [1.165, 1.54) is 0 Å². The normalized spacial score (nSPS) is 16.7. The molecule has 1 saturated heterocycles. The molecule has 1 atom stereocenters. The van der Waals surface area contributed by atoms with E-state index in [2.05, 4.69) is 15.1 Å². The number of hydrogen-bond acceptors (Lipinski definition) is 6. The van der Waals surface area contributed by atoms with Crippen LogP contribution in [0.4, 0.5) is 0 Å². The first kappa shape index (κ1) is 16.3. The summed E-state index contributed by atoms with van der Waals surface area (Å²) >= 11 is 0. The Labute approximate surface area is 150 Å². The number of aromatic nitrogens is 3. The summed E-state index contributed by atoms with van der Waals surface area (Å²) in [5.74, 6) is 1.68. The molecule has 0 saturated carbocycles. The molecule has 1 fully saturated rings. The quantitative estimate of drug-likeness (QED) is 0.720. The van der Waals surface area contributed by atoms with Gasteiger partial charge in [-0.3, -0.25) is 9.78 Å². The Balaban J connectivity index is 1.47. The smallest absolute Gasteiger partial charge is 0.261 e. The van der Waals surface area contributed by atoms with E-state index in [1.807, 2.05) is 24.3 Å². The van der Waals surface area contributed by atoms with Crippen molar-refractivity contribution in [2.45, 2.75) is 19.4 Å². The van der Waals surface area contributed by atoms with Crippen molar-refractivity contribution in [3.8, 4) is 17.2 Å². The van der Waals surface area contributed by atoms with Gasteiger partial charge in [0.05, 0.1) is 12.1 Å². The predicted octanol–water partition coefficient (Wildman–Crippen LogP) is 2.73. The number of aryl methyl sites for hydroxylation is 1. The molecule has 0 spiro atoms. The molecule has 26 heavy (non-hydrogen) atoms. The maximum absolute atomic E-state index is 12.5. The molecule has 3 aromatic rings. The van der Waals surface area contributed by atoms with Crippen LogP contribution < -0.4 is 4.74 Å². The van der Waals surface area contributed by atoms with Gasteiger partial charge in [0.2, 0.25) is 0 Å². The molecule has 1 aliphatic heterocycles. The summed E-state index contributed by atoms with van der Waals surface area (Å²) in [7, 11) is 0. The van der Waals surface area contributed by atoms with Gasteiger partial charge in [-0.15, -0.1) is 0 Å². The van der Waals surface area contributed by atoms with E-state index >= 15 is 0 Å². The Morgan fingerprint density at radius 2 is 2.04 bits per heavy atom. The zero-order chi connectivity index (χ0) is 17.9. The number of rotatable bonds is 4. The Kier molecular flexibility index (Phi) is 4.35. The lowest BCUT2D eigenvalue weighted by Gasteiger charge is -2.18. The summed E-state index contributed by atoms with van der Waals surface area (Å²) in [5.41, 5.74) is 1.40.